The number of hydrogen-bond acceptors (Lipinski definition) is 4. The van der Waals surface area contributed by atoms with Crippen molar-refractivity contribution in [3.8, 4) is 11.5 Å². The van der Waals surface area contributed by atoms with E-state index in [-0.39, 0.29) is 11.2 Å². The van der Waals surface area contributed by atoms with Gasteiger partial charge in [-0.3, -0.25) is 0 Å². The Morgan fingerprint density at radius 3 is 2.41 bits per heavy atom. The molecule has 1 aliphatic heterocycles. The minimum absolute atomic E-state index is 0.0906. The second-order valence-electron chi connectivity index (χ2n) is 11.2. The van der Waals surface area contributed by atoms with Gasteiger partial charge in [0, 0.05) is 31.3 Å². The number of methoxy groups -OCH3 is 1. The predicted octanol–water partition coefficient (Wildman–Crippen LogP) is 7.24. The number of benzene rings is 2. The second kappa shape index (κ2) is 10.3. The third kappa shape index (κ3) is 6.08. The lowest BCUT2D eigenvalue weighted by molar-refractivity contribution is 0.222. The van der Waals surface area contributed by atoms with Crippen LogP contribution in [0.5, 0.6) is 11.5 Å². The van der Waals surface area contributed by atoms with Crippen molar-refractivity contribution >= 4 is 5.69 Å². The zero-order valence-corrected chi connectivity index (χ0v) is 21.3. The minimum Gasteiger partial charge on any atom is -0.513 e. The van der Waals surface area contributed by atoms with E-state index in [0.717, 1.165) is 44.0 Å². The zero-order valence-electron chi connectivity index (χ0n) is 21.3. The maximum atomic E-state index is 9.76. The normalized spacial score (nSPS) is 17.9. The Morgan fingerprint density at radius 1 is 1.06 bits per heavy atom. The Morgan fingerprint density at radius 2 is 1.79 bits per heavy atom. The van der Waals surface area contributed by atoms with Crippen molar-refractivity contribution in [1.82, 2.24) is 0 Å². The molecule has 0 bridgehead atoms. The average molecular weight is 464 g/mol. The highest BCUT2D eigenvalue weighted by molar-refractivity contribution is 5.60. The van der Waals surface area contributed by atoms with E-state index in [2.05, 4.69) is 74.7 Å². The van der Waals surface area contributed by atoms with Gasteiger partial charge in [-0.15, -0.1) is 0 Å². The molecular weight excluding hydrogens is 422 g/mol. The monoisotopic (exact) mass is 463 g/mol. The summed E-state index contributed by atoms with van der Waals surface area (Å²) in [4.78, 5) is 2.52. The molecule has 1 saturated heterocycles. The van der Waals surface area contributed by atoms with Crippen molar-refractivity contribution in [2.45, 2.75) is 64.2 Å². The molecule has 0 amide bonds. The molecule has 1 saturated carbocycles. The quantitative estimate of drug-likeness (QED) is 0.398. The SMILES string of the molecule is C=C(O)CC(c1cccc(OCC2CCN(c3cc(OC)ccc3C(C)(C)C)CC2)c1)C1CC1. The Hall–Kier alpha value is -2.62. The molecule has 1 atom stereocenters. The van der Waals surface area contributed by atoms with E-state index in [1.807, 2.05) is 0 Å². The lowest BCUT2D eigenvalue weighted by Gasteiger charge is -2.37. The Kier molecular flexibility index (Phi) is 7.45. The number of allylic oxidation sites excluding steroid dienone is 1. The molecule has 2 fully saturated rings. The van der Waals surface area contributed by atoms with E-state index >= 15 is 0 Å². The van der Waals surface area contributed by atoms with Gasteiger partial charge in [-0.05, 0) is 78.2 Å². The summed E-state index contributed by atoms with van der Waals surface area (Å²) in [7, 11) is 1.74. The minimum atomic E-state index is 0.0906. The van der Waals surface area contributed by atoms with Gasteiger partial charge in [0.1, 0.15) is 11.5 Å². The van der Waals surface area contributed by atoms with E-state index in [1.54, 1.807) is 7.11 Å². The molecule has 0 aromatic heterocycles. The standard InChI is InChI=1S/C30H41NO3/c1-21(32)17-27(23-9-10-23)24-7-6-8-26(18-24)34-20-22-13-15-31(16-14-22)29-19-25(33-5)11-12-28(29)30(2,3)4/h6-8,11-12,18-19,22-23,27,32H,1,9-10,13-17,20H2,2-5H3. The summed E-state index contributed by atoms with van der Waals surface area (Å²) < 4.78 is 11.8. The molecule has 4 rings (SSSR count). The van der Waals surface area contributed by atoms with Crippen molar-refractivity contribution in [1.29, 1.82) is 0 Å². The number of rotatable bonds is 9. The molecule has 4 nitrogen and oxygen atoms in total. The molecule has 1 aliphatic carbocycles. The molecule has 2 aromatic rings. The van der Waals surface area contributed by atoms with Gasteiger partial charge in [-0.25, -0.2) is 0 Å². The van der Waals surface area contributed by atoms with Crippen LogP contribution in [-0.4, -0.2) is 31.9 Å². The molecule has 184 valence electrons. The molecule has 2 aromatic carbocycles. The molecule has 0 spiro atoms. The lowest BCUT2D eigenvalue weighted by Crippen LogP contribution is -2.37. The number of nitrogens with zero attached hydrogens (tertiary/aromatic N) is 1. The summed E-state index contributed by atoms with van der Waals surface area (Å²) in [6.07, 6.45) is 5.37. The van der Waals surface area contributed by atoms with Gasteiger partial charge in [-0.1, -0.05) is 45.5 Å². The largest absolute Gasteiger partial charge is 0.513 e. The zero-order chi connectivity index (χ0) is 24.3. The van der Waals surface area contributed by atoms with E-state index in [9.17, 15) is 5.11 Å². The molecule has 0 radical (unpaired) electrons. The second-order valence-corrected chi connectivity index (χ2v) is 11.2. The van der Waals surface area contributed by atoms with Crippen molar-refractivity contribution in [3.63, 3.8) is 0 Å². The fraction of sp³-hybridized carbons (Fsp3) is 0.533. The first kappa shape index (κ1) is 24.5. The smallest absolute Gasteiger partial charge is 0.120 e. The van der Waals surface area contributed by atoms with Gasteiger partial charge < -0.3 is 19.5 Å². The highest BCUT2D eigenvalue weighted by Crippen LogP contribution is 2.46. The van der Waals surface area contributed by atoms with Crippen LogP contribution in [0.3, 0.4) is 0 Å². The van der Waals surface area contributed by atoms with Crippen LogP contribution in [0.15, 0.2) is 54.8 Å². The summed E-state index contributed by atoms with van der Waals surface area (Å²) in [5.41, 5.74) is 4.02. The average Bonchev–Trinajstić information content (AvgIpc) is 3.66. The summed E-state index contributed by atoms with van der Waals surface area (Å²) in [5.74, 6) is 3.71. The molecular formula is C30H41NO3. The van der Waals surface area contributed by atoms with Gasteiger partial charge in [0.2, 0.25) is 0 Å². The van der Waals surface area contributed by atoms with E-state index in [4.69, 9.17) is 9.47 Å². The number of piperidine rings is 1. The summed E-state index contributed by atoms with van der Waals surface area (Å²) in [6.45, 7) is 13.4. The Balaban J connectivity index is 1.35. The van der Waals surface area contributed by atoms with Crippen molar-refractivity contribution < 1.29 is 14.6 Å². The lowest BCUT2D eigenvalue weighted by atomic mass is 9.84. The van der Waals surface area contributed by atoms with E-state index < -0.39 is 0 Å². The fourth-order valence-corrected chi connectivity index (χ4v) is 5.23. The van der Waals surface area contributed by atoms with Gasteiger partial charge in [0.05, 0.1) is 19.5 Å². The van der Waals surface area contributed by atoms with Crippen LogP contribution in [0.1, 0.15) is 69.9 Å². The van der Waals surface area contributed by atoms with Crippen LogP contribution in [0, 0.1) is 11.8 Å². The van der Waals surface area contributed by atoms with Crippen LogP contribution in [-0.2, 0) is 5.41 Å². The molecule has 2 aliphatic rings. The van der Waals surface area contributed by atoms with Gasteiger partial charge >= 0.3 is 0 Å². The first-order valence-electron chi connectivity index (χ1n) is 12.8. The number of aliphatic hydroxyl groups excluding tert-OH is 1. The molecule has 1 N–H and O–H groups in total. The highest BCUT2D eigenvalue weighted by atomic mass is 16.5. The Labute approximate surface area is 205 Å². The van der Waals surface area contributed by atoms with Gasteiger partial charge in [0.15, 0.2) is 0 Å². The van der Waals surface area contributed by atoms with Crippen molar-refractivity contribution in [3.05, 3.63) is 65.9 Å². The first-order valence-corrected chi connectivity index (χ1v) is 12.8. The summed E-state index contributed by atoms with van der Waals surface area (Å²) >= 11 is 0. The van der Waals surface area contributed by atoms with Crippen molar-refractivity contribution in [2.75, 3.05) is 31.7 Å². The van der Waals surface area contributed by atoms with E-state index in [0.29, 0.717) is 24.2 Å². The number of aliphatic hydroxyl groups is 1. The van der Waals surface area contributed by atoms with Crippen LogP contribution in [0.25, 0.3) is 0 Å². The van der Waals surface area contributed by atoms with Gasteiger partial charge in [0.25, 0.3) is 0 Å². The van der Waals surface area contributed by atoms with Crippen molar-refractivity contribution in [2.24, 2.45) is 11.8 Å². The van der Waals surface area contributed by atoms with Crippen LogP contribution in [0.2, 0.25) is 0 Å². The molecule has 34 heavy (non-hydrogen) atoms. The first-order chi connectivity index (χ1) is 16.2. The third-order valence-electron chi connectivity index (χ3n) is 7.39. The number of hydrogen-bond donors (Lipinski definition) is 1. The molecule has 4 heteroatoms. The predicted molar refractivity (Wildman–Crippen MR) is 140 cm³/mol. The maximum absolute atomic E-state index is 9.76. The topological polar surface area (TPSA) is 41.9 Å². The fourth-order valence-electron chi connectivity index (χ4n) is 5.23. The third-order valence-corrected chi connectivity index (χ3v) is 7.39. The Bertz CT molecular complexity index is 981. The van der Waals surface area contributed by atoms with Gasteiger partial charge in [-0.2, -0.15) is 0 Å². The van der Waals surface area contributed by atoms with Crippen LogP contribution in [0.4, 0.5) is 5.69 Å². The molecule has 1 heterocycles. The summed E-state index contributed by atoms with van der Waals surface area (Å²) in [6, 6.07) is 15.0. The maximum Gasteiger partial charge on any atom is 0.120 e. The van der Waals surface area contributed by atoms with Crippen LogP contribution >= 0.6 is 0 Å². The van der Waals surface area contributed by atoms with Crippen LogP contribution < -0.4 is 14.4 Å². The highest BCUT2D eigenvalue weighted by Gasteiger charge is 2.33. The number of anilines is 1. The van der Waals surface area contributed by atoms with E-state index in [1.165, 1.54) is 29.7 Å². The summed E-state index contributed by atoms with van der Waals surface area (Å²) in [5, 5.41) is 9.76. The number of ether oxygens (including phenoxy) is 2. The molecule has 1 unspecified atom stereocenters.